The first-order valence-electron chi connectivity index (χ1n) is 5.30. The van der Waals surface area contributed by atoms with Gasteiger partial charge in [0.15, 0.2) is 5.78 Å². The van der Waals surface area contributed by atoms with Gasteiger partial charge in [-0.1, -0.05) is 17.7 Å². The Morgan fingerprint density at radius 1 is 1.47 bits per heavy atom. The molecule has 0 unspecified atom stereocenters. The van der Waals surface area contributed by atoms with E-state index in [1.807, 2.05) is 5.38 Å². The van der Waals surface area contributed by atoms with Gasteiger partial charge in [0, 0.05) is 17.2 Å². The monoisotopic (exact) mass is 263 g/mol. The van der Waals surface area contributed by atoms with Gasteiger partial charge in [0.2, 0.25) is 0 Å². The fourth-order valence-electron chi connectivity index (χ4n) is 1.39. The van der Waals surface area contributed by atoms with Crippen LogP contribution in [-0.4, -0.2) is 10.8 Å². The molecule has 0 bridgehead atoms. The molecule has 2 aromatic rings. The van der Waals surface area contributed by atoms with Gasteiger partial charge in [-0.05, 0) is 19.1 Å². The van der Waals surface area contributed by atoms with Crippen molar-refractivity contribution in [1.29, 1.82) is 0 Å². The number of rotatable bonds is 4. The second-order valence-corrected chi connectivity index (χ2v) is 5.78. The molecule has 88 valence electrons. The maximum Gasteiger partial charge on any atom is 0.178 e. The first-order valence-corrected chi connectivity index (χ1v) is 7.16. The summed E-state index contributed by atoms with van der Waals surface area (Å²) in [5, 5.41) is 2.83. The van der Waals surface area contributed by atoms with Gasteiger partial charge in [-0.3, -0.25) is 4.79 Å². The average Bonchev–Trinajstić information content (AvgIpc) is 2.75. The highest BCUT2D eigenvalue weighted by molar-refractivity contribution is 7.98. The summed E-state index contributed by atoms with van der Waals surface area (Å²) >= 11 is 3.30. The van der Waals surface area contributed by atoms with Crippen LogP contribution in [0.4, 0.5) is 0 Å². The van der Waals surface area contributed by atoms with Crippen molar-refractivity contribution in [3.8, 4) is 0 Å². The SMILES string of the molecule is CC(=O)c1csc(CSc2cccc(C)c2)n1. The summed E-state index contributed by atoms with van der Waals surface area (Å²) < 4.78 is 0. The maximum absolute atomic E-state index is 11.1. The first kappa shape index (κ1) is 12.3. The number of aromatic nitrogens is 1. The minimum Gasteiger partial charge on any atom is -0.293 e. The number of ketones is 1. The molecule has 4 heteroatoms. The van der Waals surface area contributed by atoms with Gasteiger partial charge in [0.25, 0.3) is 0 Å². The largest absolute Gasteiger partial charge is 0.293 e. The van der Waals surface area contributed by atoms with Gasteiger partial charge in [-0.2, -0.15) is 0 Å². The zero-order chi connectivity index (χ0) is 12.3. The highest BCUT2D eigenvalue weighted by atomic mass is 32.2. The molecule has 0 fully saturated rings. The minimum atomic E-state index is 0.0352. The number of thioether (sulfide) groups is 1. The van der Waals surface area contributed by atoms with Gasteiger partial charge in [-0.25, -0.2) is 4.98 Å². The minimum absolute atomic E-state index is 0.0352. The number of hydrogen-bond acceptors (Lipinski definition) is 4. The maximum atomic E-state index is 11.1. The molecule has 0 aliphatic rings. The number of carbonyl (C=O) groups excluding carboxylic acids is 1. The Labute approximate surface area is 109 Å². The third-order valence-electron chi connectivity index (χ3n) is 2.26. The summed E-state index contributed by atoms with van der Waals surface area (Å²) in [6, 6.07) is 8.39. The summed E-state index contributed by atoms with van der Waals surface area (Å²) in [6.45, 7) is 3.63. The first-order chi connectivity index (χ1) is 8.15. The molecule has 0 atom stereocenters. The van der Waals surface area contributed by atoms with Crippen LogP contribution in [0.1, 0.15) is 28.0 Å². The fraction of sp³-hybridized carbons (Fsp3) is 0.231. The van der Waals surface area contributed by atoms with E-state index in [2.05, 4.69) is 36.2 Å². The van der Waals surface area contributed by atoms with Gasteiger partial charge in [-0.15, -0.1) is 23.1 Å². The molecule has 0 aliphatic carbocycles. The summed E-state index contributed by atoms with van der Waals surface area (Å²) in [7, 11) is 0. The molecular formula is C13H13NOS2. The number of benzene rings is 1. The standard InChI is InChI=1S/C13H13NOS2/c1-9-4-3-5-11(6-9)16-8-13-14-12(7-17-13)10(2)15/h3-7H,8H2,1-2H3. The van der Waals surface area contributed by atoms with E-state index in [4.69, 9.17) is 0 Å². The molecule has 0 radical (unpaired) electrons. The van der Waals surface area contributed by atoms with E-state index in [0.717, 1.165) is 10.8 Å². The summed E-state index contributed by atoms with van der Waals surface area (Å²) in [4.78, 5) is 16.7. The highest BCUT2D eigenvalue weighted by Gasteiger charge is 2.06. The van der Waals surface area contributed by atoms with Crippen molar-refractivity contribution in [2.45, 2.75) is 24.5 Å². The second kappa shape index (κ2) is 5.47. The van der Waals surface area contributed by atoms with E-state index < -0.39 is 0 Å². The summed E-state index contributed by atoms with van der Waals surface area (Å²) in [5.41, 5.74) is 1.84. The molecular weight excluding hydrogens is 250 g/mol. The van der Waals surface area contributed by atoms with Gasteiger partial charge >= 0.3 is 0 Å². The quantitative estimate of drug-likeness (QED) is 0.618. The van der Waals surface area contributed by atoms with Crippen LogP contribution in [0, 0.1) is 6.92 Å². The van der Waals surface area contributed by atoms with Crippen molar-refractivity contribution >= 4 is 28.9 Å². The van der Waals surface area contributed by atoms with Crippen LogP contribution in [0.3, 0.4) is 0 Å². The van der Waals surface area contributed by atoms with Gasteiger partial charge in [0.05, 0.1) is 5.75 Å². The van der Waals surface area contributed by atoms with E-state index in [0.29, 0.717) is 5.69 Å². The molecule has 0 aliphatic heterocycles. The Morgan fingerprint density at radius 3 is 2.94 bits per heavy atom. The smallest absolute Gasteiger partial charge is 0.178 e. The van der Waals surface area contributed by atoms with Crippen LogP contribution in [0.5, 0.6) is 0 Å². The molecule has 0 saturated carbocycles. The van der Waals surface area contributed by atoms with Crippen LogP contribution in [0.25, 0.3) is 0 Å². The molecule has 1 aromatic heterocycles. The average molecular weight is 263 g/mol. The van der Waals surface area contributed by atoms with Crippen LogP contribution < -0.4 is 0 Å². The van der Waals surface area contributed by atoms with Crippen molar-refractivity contribution in [3.63, 3.8) is 0 Å². The topological polar surface area (TPSA) is 30.0 Å². The summed E-state index contributed by atoms with van der Waals surface area (Å²) in [5.74, 6) is 0.856. The lowest BCUT2D eigenvalue weighted by Gasteiger charge is -2.00. The number of aryl methyl sites for hydroxylation is 1. The molecule has 0 amide bonds. The normalized spacial score (nSPS) is 10.5. The van der Waals surface area contributed by atoms with Gasteiger partial charge in [0.1, 0.15) is 10.7 Å². The van der Waals surface area contributed by atoms with E-state index in [-0.39, 0.29) is 5.78 Å². The zero-order valence-electron chi connectivity index (χ0n) is 9.77. The molecule has 17 heavy (non-hydrogen) atoms. The van der Waals surface area contributed by atoms with Crippen LogP contribution in [0.15, 0.2) is 34.5 Å². The zero-order valence-corrected chi connectivity index (χ0v) is 11.4. The second-order valence-electron chi connectivity index (χ2n) is 3.79. The van der Waals surface area contributed by atoms with Crippen LogP contribution >= 0.6 is 23.1 Å². The number of Topliss-reactive ketones (excluding diaryl/α,β-unsaturated/α-hetero) is 1. The third-order valence-corrected chi connectivity index (χ3v) is 4.30. The Kier molecular flexibility index (Phi) is 3.97. The van der Waals surface area contributed by atoms with E-state index in [1.54, 1.807) is 30.0 Å². The molecule has 0 spiro atoms. The molecule has 0 saturated heterocycles. The fourth-order valence-corrected chi connectivity index (χ4v) is 3.25. The number of carbonyl (C=O) groups is 1. The van der Waals surface area contributed by atoms with Crippen molar-refractivity contribution in [2.75, 3.05) is 0 Å². The Bertz CT molecular complexity index is 534. The third kappa shape index (κ3) is 3.41. The molecule has 1 aromatic carbocycles. The van der Waals surface area contributed by atoms with Crippen molar-refractivity contribution in [2.24, 2.45) is 0 Å². The van der Waals surface area contributed by atoms with Gasteiger partial charge < -0.3 is 0 Å². The molecule has 1 heterocycles. The van der Waals surface area contributed by atoms with E-state index in [1.165, 1.54) is 10.5 Å². The highest BCUT2D eigenvalue weighted by Crippen LogP contribution is 2.25. The Hall–Kier alpha value is -1.13. The Morgan fingerprint density at radius 2 is 2.29 bits per heavy atom. The number of hydrogen-bond donors (Lipinski definition) is 0. The molecule has 0 N–H and O–H groups in total. The van der Waals surface area contributed by atoms with Crippen LogP contribution in [-0.2, 0) is 5.75 Å². The van der Waals surface area contributed by atoms with E-state index in [9.17, 15) is 4.79 Å². The predicted molar refractivity (Wildman–Crippen MR) is 72.9 cm³/mol. The van der Waals surface area contributed by atoms with Crippen LogP contribution in [0.2, 0.25) is 0 Å². The lowest BCUT2D eigenvalue weighted by atomic mass is 10.2. The summed E-state index contributed by atoms with van der Waals surface area (Å²) in [6.07, 6.45) is 0. The number of nitrogens with zero attached hydrogens (tertiary/aromatic N) is 1. The lowest BCUT2D eigenvalue weighted by molar-refractivity contribution is 0.101. The predicted octanol–water partition coefficient (Wildman–Crippen LogP) is 3.95. The number of thiazole rings is 1. The van der Waals surface area contributed by atoms with Crippen molar-refractivity contribution < 1.29 is 4.79 Å². The van der Waals surface area contributed by atoms with Crippen molar-refractivity contribution in [3.05, 3.63) is 45.9 Å². The molecule has 2 nitrogen and oxygen atoms in total. The van der Waals surface area contributed by atoms with Crippen molar-refractivity contribution in [1.82, 2.24) is 4.98 Å². The lowest BCUT2D eigenvalue weighted by Crippen LogP contribution is -1.92. The van der Waals surface area contributed by atoms with E-state index >= 15 is 0 Å². The Balaban J connectivity index is 2.00. The molecule has 2 rings (SSSR count).